The summed E-state index contributed by atoms with van der Waals surface area (Å²) in [6.45, 7) is 4.94. The maximum atomic E-state index is 15.5. The molecule has 0 radical (unpaired) electrons. The van der Waals surface area contributed by atoms with E-state index in [1.165, 1.54) is 30.4 Å². The highest BCUT2D eigenvalue weighted by atomic mass is 32.1. The smallest absolute Gasteiger partial charge is 0.451 e. The van der Waals surface area contributed by atoms with Crippen molar-refractivity contribution in [1.82, 2.24) is 20.3 Å². The van der Waals surface area contributed by atoms with Gasteiger partial charge in [-0.25, -0.2) is 19.3 Å². The number of aryl methyl sites for hydroxylation is 1. The molecule has 7 nitrogen and oxygen atoms in total. The second-order valence-electron chi connectivity index (χ2n) is 8.18. The van der Waals surface area contributed by atoms with Crippen LogP contribution in [0.3, 0.4) is 0 Å². The van der Waals surface area contributed by atoms with Crippen molar-refractivity contribution in [2.45, 2.75) is 32.5 Å². The van der Waals surface area contributed by atoms with Crippen LogP contribution in [-0.2, 0) is 10.9 Å². The molecule has 1 N–H and O–H groups in total. The Morgan fingerprint density at radius 3 is 2.60 bits per heavy atom. The lowest BCUT2D eigenvalue weighted by atomic mass is 10.1. The number of rotatable bonds is 7. The van der Waals surface area contributed by atoms with Gasteiger partial charge < -0.3 is 14.8 Å². The first-order valence-electron chi connectivity index (χ1n) is 10.8. The normalized spacial score (nSPS) is 16.8. The van der Waals surface area contributed by atoms with E-state index in [0.29, 0.717) is 30.6 Å². The molecule has 186 valence electrons. The van der Waals surface area contributed by atoms with Gasteiger partial charge in [-0.1, -0.05) is 0 Å². The summed E-state index contributed by atoms with van der Waals surface area (Å²) in [5.41, 5.74) is 0.0859. The van der Waals surface area contributed by atoms with Gasteiger partial charge in [0.25, 0.3) is 5.91 Å². The van der Waals surface area contributed by atoms with Gasteiger partial charge in [0.05, 0.1) is 30.4 Å². The van der Waals surface area contributed by atoms with Gasteiger partial charge in [-0.2, -0.15) is 13.2 Å². The minimum absolute atomic E-state index is 0.124. The lowest BCUT2D eigenvalue weighted by Crippen LogP contribution is -2.28. The number of hydrogen-bond acceptors (Lipinski definition) is 7. The summed E-state index contributed by atoms with van der Waals surface area (Å²) in [7, 11) is 0. The van der Waals surface area contributed by atoms with Crippen molar-refractivity contribution in [3.8, 4) is 16.3 Å². The van der Waals surface area contributed by atoms with E-state index in [1.54, 1.807) is 6.20 Å². The highest BCUT2D eigenvalue weighted by Gasteiger charge is 2.34. The van der Waals surface area contributed by atoms with Gasteiger partial charge in [0.1, 0.15) is 16.6 Å². The Hall–Kier alpha value is -3.12. The molecule has 2 atom stereocenters. The van der Waals surface area contributed by atoms with E-state index in [-0.39, 0.29) is 22.6 Å². The quantitative estimate of drug-likeness (QED) is 0.452. The van der Waals surface area contributed by atoms with Gasteiger partial charge in [0.2, 0.25) is 5.82 Å². The molecule has 1 saturated heterocycles. The fourth-order valence-corrected chi connectivity index (χ4v) is 4.25. The molecule has 4 rings (SSSR count). The molecule has 12 heteroatoms. The molecular formula is C23H22F4N4O3S. The van der Waals surface area contributed by atoms with E-state index in [9.17, 15) is 18.0 Å². The van der Waals surface area contributed by atoms with Gasteiger partial charge >= 0.3 is 6.18 Å². The average molecular weight is 511 g/mol. The molecule has 3 heterocycles. The lowest BCUT2D eigenvalue weighted by molar-refractivity contribution is -0.145. The maximum absolute atomic E-state index is 15.5. The van der Waals surface area contributed by atoms with Crippen LogP contribution < -0.4 is 10.1 Å². The number of benzene rings is 1. The molecule has 1 aliphatic rings. The van der Waals surface area contributed by atoms with Crippen molar-refractivity contribution in [1.29, 1.82) is 0 Å². The zero-order chi connectivity index (χ0) is 25.2. The third kappa shape index (κ3) is 5.93. The first-order valence-corrected chi connectivity index (χ1v) is 11.6. The molecule has 2 aromatic heterocycles. The van der Waals surface area contributed by atoms with Crippen molar-refractivity contribution in [2.24, 2.45) is 5.92 Å². The van der Waals surface area contributed by atoms with E-state index in [4.69, 9.17) is 9.47 Å². The van der Waals surface area contributed by atoms with Crippen LogP contribution in [0, 0.1) is 18.7 Å². The van der Waals surface area contributed by atoms with Gasteiger partial charge in [-0.15, -0.1) is 11.3 Å². The van der Waals surface area contributed by atoms with E-state index in [0.717, 1.165) is 23.7 Å². The predicted molar refractivity (Wildman–Crippen MR) is 120 cm³/mol. The third-order valence-electron chi connectivity index (χ3n) is 5.43. The lowest BCUT2D eigenvalue weighted by Gasteiger charge is -2.17. The molecule has 0 saturated carbocycles. The number of amides is 1. The zero-order valence-electron chi connectivity index (χ0n) is 18.9. The topological polar surface area (TPSA) is 86.2 Å². The maximum Gasteiger partial charge on any atom is 0.451 e. The fraction of sp³-hybridized carbons (Fsp3) is 0.391. The van der Waals surface area contributed by atoms with Crippen molar-refractivity contribution in [2.75, 3.05) is 19.8 Å². The van der Waals surface area contributed by atoms with Gasteiger partial charge in [0.15, 0.2) is 0 Å². The number of halogens is 4. The number of carbonyl (C=O) groups excluding carboxylic acids is 1. The number of thiazole rings is 1. The number of aromatic nitrogens is 3. The number of hydrogen-bond donors (Lipinski definition) is 1. The minimum atomic E-state index is -4.68. The molecule has 0 spiro atoms. The number of nitrogens with one attached hydrogen (secondary N) is 1. The third-order valence-corrected chi connectivity index (χ3v) is 6.37. The summed E-state index contributed by atoms with van der Waals surface area (Å²) < 4.78 is 64.8. The first-order chi connectivity index (χ1) is 16.6. The molecule has 0 bridgehead atoms. The Balaban J connectivity index is 1.58. The largest absolute Gasteiger partial charge is 0.493 e. The molecule has 1 aromatic carbocycles. The number of ether oxygens (including phenoxy) is 2. The molecule has 0 aliphatic carbocycles. The summed E-state index contributed by atoms with van der Waals surface area (Å²) in [4.78, 5) is 24.7. The predicted octanol–water partition coefficient (Wildman–Crippen LogP) is 4.97. The van der Waals surface area contributed by atoms with E-state index < -0.39 is 29.8 Å². The highest BCUT2D eigenvalue weighted by Crippen LogP contribution is 2.33. The van der Waals surface area contributed by atoms with Crippen molar-refractivity contribution in [3.05, 3.63) is 58.4 Å². The minimum Gasteiger partial charge on any atom is -0.493 e. The van der Waals surface area contributed by atoms with Crippen LogP contribution in [0.4, 0.5) is 17.6 Å². The molecular weight excluding hydrogens is 488 g/mol. The van der Waals surface area contributed by atoms with Crippen LogP contribution in [0.1, 0.15) is 46.0 Å². The highest BCUT2D eigenvalue weighted by molar-refractivity contribution is 7.14. The summed E-state index contributed by atoms with van der Waals surface area (Å²) in [5.74, 6) is -2.32. The summed E-state index contributed by atoms with van der Waals surface area (Å²) in [6, 6.07) is 2.03. The van der Waals surface area contributed by atoms with Crippen molar-refractivity contribution < 1.29 is 31.8 Å². The molecule has 1 aliphatic heterocycles. The van der Waals surface area contributed by atoms with E-state index in [1.807, 2.05) is 6.92 Å². The van der Waals surface area contributed by atoms with Crippen LogP contribution in [0.5, 0.6) is 5.75 Å². The van der Waals surface area contributed by atoms with Gasteiger partial charge in [-0.05, 0) is 32.4 Å². The Kier molecular flexibility index (Phi) is 7.31. The summed E-state index contributed by atoms with van der Waals surface area (Å²) in [6.07, 6.45) is -0.271. The fourth-order valence-electron chi connectivity index (χ4n) is 3.48. The zero-order valence-corrected chi connectivity index (χ0v) is 19.7. The Morgan fingerprint density at radius 2 is 2.00 bits per heavy atom. The Labute approximate surface area is 202 Å². The molecule has 1 unspecified atom stereocenters. The number of alkyl halides is 3. The van der Waals surface area contributed by atoms with Gasteiger partial charge in [-0.3, -0.25) is 4.79 Å². The van der Waals surface area contributed by atoms with Gasteiger partial charge in [0, 0.05) is 41.6 Å². The summed E-state index contributed by atoms with van der Waals surface area (Å²) >= 11 is 1.27. The number of nitrogens with zero attached hydrogens (tertiary/aromatic N) is 3. The van der Waals surface area contributed by atoms with Crippen LogP contribution in [0.2, 0.25) is 0 Å². The molecule has 35 heavy (non-hydrogen) atoms. The van der Waals surface area contributed by atoms with Crippen molar-refractivity contribution in [3.63, 3.8) is 0 Å². The average Bonchev–Trinajstić information content (AvgIpc) is 3.49. The Morgan fingerprint density at radius 1 is 1.26 bits per heavy atom. The van der Waals surface area contributed by atoms with E-state index in [2.05, 4.69) is 20.3 Å². The second kappa shape index (κ2) is 10.2. The summed E-state index contributed by atoms with van der Waals surface area (Å²) in [5, 5.41) is 2.98. The van der Waals surface area contributed by atoms with E-state index >= 15 is 4.39 Å². The van der Waals surface area contributed by atoms with Crippen molar-refractivity contribution >= 4 is 17.2 Å². The molecule has 1 amide bonds. The molecule has 1 fully saturated rings. The first kappa shape index (κ1) is 25.0. The molecule has 3 aromatic rings. The van der Waals surface area contributed by atoms with Crippen LogP contribution in [0.15, 0.2) is 30.7 Å². The van der Waals surface area contributed by atoms with Crippen LogP contribution in [-0.4, -0.2) is 40.7 Å². The SMILES string of the molecule is Cc1cnc(-c2cc(OC[C@@H]3CCOC3)cc(C(=O)NC(C)c3cnc(C(F)(F)F)nc3)c2F)s1. The van der Waals surface area contributed by atoms with Crippen LogP contribution in [0.25, 0.3) is 10.6 Å². The van der Waals surface area contributed by atoms with Crippen LogP contribution >= 0.6 is 11.3 Å². The second-order valence-corrected chi connectivity index (χ2v) is 9.42. The monoisotopic (exact) mass is 510 g/mol. The Bertz CT molecular complexity index is 1190. The standard InChI is InChI=1S/C23H22F4N4O3S/c1-12-7-28-21(35-12)18-6-16(34-11-14-3-4-33-10-14)5-17(19(18)24)20(32)31-13(2)15-8-29-22(30-9-15)23(25,26)27/h5-9,13-14H,3-4,10-11H2,1-2H3,(H,31,32)/t13?,14-/m1/s1. The number of carbonyl (C=O) groups is 1.